The third kappa shape index (κ3) is 5.86. The molecule has 2 heterocycles. The van der Waals surface area contributed by atoms with Crippen LogP contribution in [0.15, 0.2) is 88.2 Å². The molecule has 1 atom stereocenters. The van der Waals surface area contributed by atoms with E-state index in [1.165, 1.54) is 23.0 Å². The molecule has 42 heavy (non-hydrogen) atoms. The number of esters is 1. The summed E-state index contributed by atoms with van der Waals surface area (Å²) < 4.78 is 18.0. The maximum Gasteiger partial charge on any atom is 0.341 e. The Morgan fingerprint density at radius 1 is 1.07 bits per heavy atom. The summed E-state index contributed by atoms with van der Waals surface area (Å²) >= 11 is 7.36. The standard InChI is InChI=1S/C31H25ClN2O7S/c1-3-40-30(38)26-27(19-7-5-4-6-8-19)33-31-34(28(26)20-10-12-21(32)13-11-20)29(37)24(42-31)16-18-9-14-22(23(15-18)39-2)41-17-25(35)36/h4-16,28H,3,17H2,1-2H3,(H,35,36)/b24-16-. The van der Waals surface area contributed by atoms with Crippen molar-refractivity contribution >= 4 is 46.6 Å². The SMILES string of the molecule is CCOC(=O)C1=C(c2ccccc2)N=c2s/c(=C\c3ccc(OCC(=O)O)c(OC)c3)c(=O)n2C1c1ccc(Cl)cc1. The maximum atomic E-state index is 14.0. The minimum Gasteiger partial charge on any atom is -0.493 e. The number of carboxylic acids is 1. The average molecular weight is 605 g/mol. The molecular formula is C31H25ClN2O7S. The van der Waals surface area contributed by atoms with Gasteiger partial charge in [-0.1, -0.05) is 71.5 Å². The predicted molar refractivity (Wildman–Crippen MR) is 159 cm³/mol. The zero-order valence-corrected chi connectivity index (χ0v) is 24.1. The third-order valence-electron chi connectivity index (χ3n) is 6.40. The first-order chi connectivity index (χ1) is 20.3. The first kappa shape index (κ1) is 28.8. The highest BCUT2D eigenvalue weighted by molar-refractivity contribution is 7.07. The second kappa shape index (κ2) is 12.5. The minimum absolute atomic E-state index is 0.149. The van der Waals surface area contributed by atoms with Crippen molar-refractivity contribution < 1.29 is 28.9 Å². The Morgan fingerprint density at radius 2 is 1.81 bits per heavy atom. The molecule has 1 aromatic heterocycles. The zero-order chi connectivity index (χ0) is 29.8. The highest BCUT2D eigenvalue weighted by Crippen LogP contribution is 2.35. The van der Waals surface area contributed by atoms with Crippen molar-refractivity contribution in [1.29, 1.82) is 0 Å². The Hall–Kier alpha value is -4.67. The van der Waals surface area contributed by atoms with Gasteiger partial charge in [0.25, 0.3) is 5.56 Å². The molecule has 4 aromatic rings. The van der Waals surface area contributed by atoms with Crippen LogP contribution in [0, 0.1) is 0 Å². The lowest BCUT2D eigenvalue weighted by molar-refractivity contribution is -0.140. The molecule has 0 radical (unpaired) electrons. The van der Waals surface area contributed by atoms with E-state index >= 15 is 0 Å². The van der Waals surface area contributed by atoms with Gasteiger partial charge in [-0.25, -0.2) is 14.6 Å². The van der Waals surface area contributed by atoms with E-state index in [1.807, 2.05) is 30.3 Å². The van der Waals surface area contributed by atoms with Crippen molar-refractivity contribution in [2.24, 2.45) is 4.99 Å². The molecule has 0 aliphatic carbocycles. The molecule has 3 aromatic carbocycles. The number of halogens is 1. The molecule has 0 fully saturated rings. The van der Waals surface area contributed by atoms with E-state index in [-0.39, 0.29) is 23.5 Å². The number of carboxylic acid groups (broad SMARTS) is 1. The van der Waals surface area contributed by atoms with E-state index in [9.17, 15) is 14.4 Å². The largest absolute Gasteiger partial charge is 0.493 e. The van der Waals surface area contributed by atoms with E-state index in [1.54, 1.807) is 55.5 Å². The van der Waals surface area contributed by atoms with Gasteiger partial charge in [0.1, 0.15) is 0 Å². The van der Waals surface area contributed by atoms with Crippen molar-refractivity contribution in [2.45, 2.75) is 13.0 Å². The van der Waals surface area contributed by atoms with Crippen LogP contribution >= 0.6 is 22.9 Å². The van der Waals surface area contributed by atoms with Gasteiger partial charge in [-0.15, -0.1) is 0 Å². The van der Waals surface area contributed by atoms with Gasteiger partial charge >= 0.3 is 11.9 Å². The molecule has 0 saturated heterocycles. The summed E-state index contributed by atoms with van der Waals surface area (Å²) in [6.45, 7) is 1.35. The van der Waals surface area contributed by atoms with E-state index in [4.69, 9.17) is 35.9 Å². The van der Waals surface area contributed by atoms with Crippen LogP contribution in [0.2, 0.25) is 5.02 Å². The quantitative estimate of drug-likeness (QED) is 0.286. The first-order valence-corrected chi connectivity index (χ1v) is 14.1. The number of aromatic nitrogens is 1. The monoisotopic (exact) mass is 604 g/mol. The number of methoxy groups -OCH3 is 1. The van der Waals surface area contributed by atoms with Crippen molar-refractivity contribution in [3.63, 3.8) is 0 Å². The summed E-state index contributed by atoms with van der Waals surface area (Å²) in [5.41, 5.74) is 2.31. The summed E-state index contributed by atoms with van der Waals surface area (Å²) in [4.78, 5) is 43.6. The predicted octanol–water partition coefficient (Wildman–Crippen LogP) is 4.06. The molecule has 0 saturated carbocycles. The highest BCUT2D eigenvalue weighted by Gasteiger charge is 2.35. The lowest BCUT2D eigenvalue weighted by Crippen LogP contribution is -2.40. The van der Waals surface area contributed by atoms with Gasteiger partial charge in [0.2, 0.25) is 0 Å². The lowest BCUT2D eigenvalue weighted by atomic mass is 9.93. The molecule has 1 unspecified atom stereocenters. The van der Waals surface area contributed by atoms with Gasteiger partial charge in [-0.2, -0.15) is 0 Å². The molecule has 11 heteroatoms. The molecule has 1 aliphatic heterocycles. The molecule has 1 aliphatic rings. The van der Waals surface area contributed by atoms with Crippen LogP contribution in [0.5, 0.6) is 11.5 Å². The van der Waals surface area contributed by atoms with Crippen LogP contribution in [0.25, 0.3) is 11.8 Å². The number of hydrogen-bond donors (Lipinski definition) is 1. The van der Waals surface area contributed by atoms with E-state index in [0.29, 0.717) is 42.5 Å². The third-order valence-corrected chi connectivity index (χ3v) is 7.63. The number of fused-ring (bicyclic) bond motifs is 1. The van der Waals surface area contributed by atoms with Crippen LogP contribution in [-0.4, -0.2) is 41.9 Å². The zero-order valence-electron chi connectivity index (χ0n) is 22.6. The van der Waals surface area contributed by atoms with Gasteiger partial charge in [-0.3, -0.25) is 9.36 Å². The Labute approximate surface area is 249 Å². The first-order valence-electron chi connectivity index (χ1n) is 12.9. The fraction of sp³-hybridized carbons (Fsp3) is 0.161. The van der Waals surface area contributed by atoms with E-state index in [2.05, 4.69) is 0 Å². The van der Waals surface area contributed by atoms with Crippen molar-refractivity contribution in [1.82, 2.24) is 4.57 Å². The Bertz CT molecular complexity index is 1860. The van der Waals surface area contributed by atoms with Crippen molar-refractivity contribution in [2.75, 3.05) is 20.3 Å². The van der Waals surface area contributed by atoms with Crippen molar-refractivity contribution in [3.05, 3.63) is 120 Å². The van der Waals surface area contributed by atoms with Gasteiger partial charge in [0, 0.05) is 10.6 Å². The smallest absolute Gasteiger partial charge is 0.341 e. The molecule has 214 valence electrons. The lowest BCUT2D eigenvalue weighted by Gasteiger charge is -2.25. The number of thiazole rings is 1. The Balaban J connectivity index is 1.72. The van der Waals surface area contributed by atoms with Gasteiger partial charge in [0.05, 0.1) is 35.6 Å². The topological polar surface area (TPSA) is 116 Å². The van der Waals surface area contributed by atoms with Crippen LogP contribution < -0.4 is 24.4 Å². The number of carbonyl (C=O) groups is 2. The molecular weight excluding hydrogens is 580 g/mol. The van der Waals surface area contributed by atoms with Crippen LogP contribution in [0.4, 0.5) is 0 Å². The molecule has 1 N–H and O–H groups in total. The normalized spacial score (nSPS) is 14.6. The number of benzene rings is 3. The Morgan fingerprint density at radius 3 is 2.48 bits per heavy atom. The summed E-state index contributed by atoms with van der Waals surface area (Å²) in [6.07, 6.45) is 1.68. The summed E-state index contributed by atoms with van der Waals surface area (Å²) in [6, 6.07) is 20.3. The number of rotatable bonds is 9. The number of ether oxygens (including phenoxy) is 3. The van der Waals surface area contributed by atoms with Crippen LogP contribution in [0.1, 0.15) is 29.7 Å². The van der Waals surface area contributed by atoms with Gasteiger partial charge < -0.3 is 19.3 Å². The van der Waals surface area contributed by atoms with Crippen LogP contribution in [0.3, 0.4) is 0 Å². The number of aliphatic carboxylic acids is 1. The van der Waals surface area contributed by atoms with Gasteiger partial charge in [0.15, 0.2) is 22.9 Å². The van der Waals surface area contributed by atoms with Crippen LogP contribution in [-0.2, 0) is 14.3 Å². The number of hydrogen-bond acceptors (Lipinski definition) is 8. The second-order valence-electron chi connectivity index (χ2n) is 9.08. The summed E-state index contributed by atoms with van der Waals surface area (Å²) in [5.74, 6) is -1.12. The molecule has 0 bridgehead atoms. The average Bonchev–Trinajstić information content (AvgIpc) is 3.30. The van der Waals surface area contributed by atoms with E-state index < -0.39 is 24.6 Å². The number of nitrogens with zero attached hydrogens (tertiary/aromatic N) is 2. The maximum absolute atomic E-state index is 14.0. The summed E-state index contributed by atoms with van der Waals surface area (Å²) in [7, 11) is 1.44. The Kier molecular flexibility index (Phi) is 8.56. The van der Waals surface area contributed by atoms with Crippen molar-refractivity contribution in [3.8, 4) is 11.5 Å². The fourth-order valence-corrected chi connectivity index (χ4v) is 5.71. The molecule has 0 spiro atoms. The minimum atomic E-state index is -1.12. The molecule has 5 rings (SSSR count). The second-order valence-corrected chi connectivity index (χ2v) is 10.5. The molecule has 9 nitrogen and oxygen atoms in total. The highest BCUT2D eigenvalue weighted by atomic mass is 35.5. The molecule has 0 amide bonds. The van der Waals surface area contributed by atoms with E-state index in [0.717, 1.165) is 0 Å². The summed E-state index contributed by atoms with van der Waals surface area (Å²) in [5, 5.41) is 9.45. The fourth-order valence-electron chi connectivity index (χ4n) is 4.58. The van der Waals surface area contributed by atoms with Gasteiger partial charge in [-0.05, 0) is 48.4 Å². The number of carbonyl (C=O) groups excluding carboxylic acids is 1.